The van der Waals surface area contributed by atoms with Gasteiger partial charge in [-0.05, 0) is 78.4 Å². The fraction of sp³-hybridized carbons (Fsp3) is 0.192. The summed E-state index contributed by atoms with van der Waals surface area (Å²) in [6.45, 7) is 0. The van der Waals surface area contributed by atoms with Crippen LogP contribution in [0.15, 0.2) is 83.5 Å². The molecule has 0 bridgehead atoms. The van der Waals surface area contributed by atoms with E-state index in [0.717, 1.165) is 41.8 Å². The van der Waals surface area contributed by atoms with Crippen molar-refractivity contribution < 1.29 is 4.92 Å². The zero-order valence-corrected chi connectivity index (χ0v) is 19.2. The van der Waals surface area contributed by atoms with Crippen LogP contribution >= 0.6 is 23.2 Å². The summed E-state index contributed by atoms with van der Waals surface area (Å²) >= 11 is 12.2. The average Bonchev–Trinajstić information content (AvgIpc) is 3.22. The van der Waals surface area contributed by atoms with Crippen LogP contribution in [0.5, 0.6) is 0 Å². The lowest BCUT2D eigenvalue weighted by molar-refractivity contribution is -0.384. The number of allylic oxidation sites excluding steroid dienone is 1. The Kier molecular flexibility index (Phi) is 5.92. The fourth-order valence-corrected chi connectivity index (χ4v) is 4.95. The minimum Gasteiger partial charge on any atom is -0.258 e. The van der Waals surface area contributed by atoms with E-state index in [-0.39, 0.29) is 22.6 Å². The summed E-state index contributed by atoms with van der Waals surface area (Å²) in [6, 6.07) is 22.3. The van der Waals surface area contributed by atoms with Gasteiger partial charge in [0.05, 0.1) is 22.4 Å². The van der Waals surface area contributed by atoms with Gasteiger partial charge in [0.25, 0.3) is 5.69 Å². The van der Waals surface area contributed by atoms with E-state index in [2.05, 4.69) is 6.08 Å². The van der Waals surface area contributed by atoms with E-state index in [1.54, 1.807) is 12.1 Å². The molecule has 1 heterocycles. The monoisotopic (exact) mass is 477 g/mol. The van der Waals surface area contributed by atoms with Crippen molar-refractivity contribution in [3.8, 4) is 0 Å². The lowest BCUT2D eigenvalue weighted by atomic mass is 9.77. The number of hydrazone groups is 1. The zero-order chi connectivity index (χ0) is 22.9. The third kappa shape index (κ3) is 4.39. The van der Waals surface area contributed by atoms with Gasteiger partial charge in [0.2, 0.25) is 0 Å². The summed E-state index contributed by atoms with van der Waals surface area (Å²) < 4.78 is 0. The van der Waals surface area contributed by atoms with Crippen LogP contribution in [0.1, 0.15) is 36.4 Å². The molecule has 3 aromatic rings. The number of nitro benzene ring substituents is 1. The van der Waals surface area contributed by atoms with E-state index in [1.165, 1.54) is 17.7 Å². The van der Waals surface area contributed by atoms with Gasteiger partial charge in [0, 0.05) is 28.1 Å². The van der Waals surface area contributed by atoms with Gasteiger partial charge in [-0.15, -0.1) is 0 Å². The lowest BCUT2D eigenvalue weighted by Crippen LogP contribution is -2.28. The number of non-ortho nitro benzene ring substituents is 1. The molecular weight excluding hydrogens is 457 g/mol. The molecule has 33 heavy (non-hydrogen) atoms. The van der Waals surface area contributed by atoms with Crippen molar-refractivity contribution in [1.29, 1.82) is 0 Å². The van der Waals surface area contributed by atoms with E-state index >= 15 is 0 Å². The standard InChI is InChI=1S/C26H21Cl2N3O2/c27-20-8-4-17(5-9-20)16-19-2-1-3-24-25(19)29-30(22-12-14-23(15-13-22)31(32)33)26(24)18-6-10-21(28)11-7-18/h4-16,24,26H,1-3H2. The van der Waals surface area contributed by atoms with Gasteiger partial charge < -0.3 is 0 Å². The highest BCUT2D eigenvalue weighted by Gasteiger charge is 2.41. The van der Waals surface area contributed by atoms with Gasteiger partial charge in [-0.25, -0.2) is 0 Å². The van der Waals surface area contributed by atoms with Crippen LogP contribution in [0.2, 0.25) is 10.0 Å². The third-order valence-electron chi connectivity index (χ3n) is 6.25. The van der Waals surface area contributed by atoms with E-state index in [0.29, 0.717) is 10.0 Å². The molecule has 0 saturated heterocycles. The first-order valence-electron chi connectivity index (χ1n) is 10.8. The number of fused-ring (bicyclic) bond motifs is 1. The van der Waals surface area contributed by atoms with Crippen LogP contribution in [0.3, 0.4) is 0 Å². The van der Waals surface area contributed by atoms with Crippen LogP contribution < -0.4 is 5.01 Å². The molecule has 0 amide bonds. The first-order chi connectivity index (χ1) is 16.0. The molecule has 2 atom stereocenters. The number of halogens is 2. The molecule has 0 spiro atoms. The summed E-state index contributed by atoms with van der Waals surface area (Å²) in [4.78, 5) is 10.7. The van der Waals surface area contributed by atoms with Crippen molar-refractivity contribution in [1.82, 2.24) is 0 Å². The van der Waals surface area contributed by atoms with E-state index in [1.807, 2.05) is 53.5 Å². The minimum atomic E-state index is -0.386. The first kappa shape index (κ1) is 21.7. The molecule has 1 saturated carbocycles. The second kappa shape index (κ2) is 9.00. The van der Waals surface area contributed by atoms with Crippen LogP contribution in [0.4, 0.5) is 11.4 Å². The van der Waals surface area contributed by atoms with Crippen molar-refractivity contribution in [3.05, 3.63) is 110 Å². The largest absolute Gasteiger partial charge is 0.269 e. The number of nitrogens with zero attached hydrogens (tertiary/aromatic N) is 3. The van der Waals surface area contributed by atoms with Crippen molar-refractivity contribution in [2.45, 2.75) is 25.3 Å². The van der Waals surface area contributed by atoms with Crippen molar-refractivity contribution in [2.75, 3.05) is 5.01 Å². The van der Waals surface area contributed by atoms with Gasteiger partial charge in [-0.1, -0.05) is 47.5 Å². The molecule has 0 N–H and O–H groups in total. The Morgan fingerprint density at radius 1 is 0.939 bits per heavy atom. The van der Waals surface area contributed by atoms with Crippen molar-refractivity contribution >= 4 is 46.4 Å². The Morgan fingerprint density at radius 2 is 1.58 bits per heavy atom. The minimum absolute atomic E-state index is 0.00681. The number of nitro groups is 1. The highest BCUT2D eigenvalue weighted by Crippen LogP contribution is 2.46. The number of rotatable bonds is 4. The predicted molar refractivity (Wildman–Crippen MR) is 134 cm³/mol. The maximum atomic E-state index is 11.1. The zero-order valence-electron chi connectivity index (χ0n) is 17.7. The van der Waals surface area contributed by atoms with Gasteiger partial charge in [0.1, 0.15) is 0 Å². The molecule has 5 nitrogen and oxygen atoms in total. The highest BCUT2D eigenvalue weighted by atomic mass is 35.5. The van der Waals surface area contributed by atoms with E-state index in [9.17, 15) is 10.1 Å². The van der Waals surface area contributed by atoms with Gasteiger partial charge in [-0.2, -0.15) is 5.10 Å². The second-order valence-electron chi connectivity index (χ2n) is 8.32. The smallest absolute Gasteiger partial charge is 0.258 e. The number of anilines is 1. The Labute approximate surface area is 202 Å². The number of hydrogen-bond acceptors (Lipinski definition) is 4. The molecule has 5 rings (SSSR count). The first-order valence-corrected chi connectivity index (χ1v) is 11.6. The summed E-state index contributed by atoms with van der Waals surface area (Å²) in [6.07, 6.45) is 5.24. The van der Waals surface area contributed by atoms with E-state index in [4.69, 9.17) is 28.3 Å². The molecule has 166 valence electrons. The molecule has 1 aliphatic carbocycles. The van der Waals surface area contributed by atoms with Crippen LogP contribution in [0.25, 0.3) is 6.08 Å². The van der Waals surface area contributed by atoms with Crippen LogP contribution in [-0.4, -0.2) is 10.6 Å². The summed E-state index contributed by atoms with van der Waals surface area (Å²) in [7, 11) is 0. The molecule has 2 unspecified atom stereocenters. The highest BCUT2D eigenvalue weighted by molar-refractivity contribution is 6.30. The molecule has 1 fully saturated rings. The fourth-order valence-electron chi connectivity index (χ4n) is 4.70. The molecule has 0 aromatic heterocycles. The summed E-state index contributed by atoms with van der Waals surface area (Å²) in [5.41, 5.74) is 5.40. The quantitative estimate of drug-likeness (QED) is 0.285. The summed E-state index contributed by atoms with van der Waals surface area (Å²) in [5.74, 6) is 0.216. The third-order valence-corrected chi connectivity index (χ3v) is 6.75. The maximum Gasteiger partial charge on any atom is 0.269 e. The van der Waals surface area contributed by atoms with Gasteiger partial charge in [-0.3, -0.25) is 15.1 Å². The Balaban J connectivity index is 1.58. The van der Waals surface area contributed by atoms with Crippen LogP contribution in [-0.2, 0) is 0 Å². The van der Waals surface area contributed by atoms with Gasteiger partial charge >= 0.3 is 0 Å². The second-order valence-corrected chi connectivity index (χ2v) is 9.19. The summed E-state index contributed by atoms with van der Waals surface area (Å²) in [5, 5.41) is 19.6. The normalized spacial score (nSPS) is 21.1. The molecule has 7 heteroatoms. The van der Waals surface area contributed by atoms with Crippen molar-refractivity contribution in [3.63, 3.8) is 0 Å². The molecule has 3 aromatic carbocycles. The predicted octanol–water partition coefficient (Wildman–Crippen LogP) is 7.70. The average molecular weight is 478 g/mol. The number of benzene rings is 3. The van der Waals surface area contributed by atoms with E-state index < -0.39 is 0 Å². The topological polar surface area (TPSA) is 58.7 Å². The van der Waals surface area contributed by atoms with Crippen molar-refractivity contribution in [2.24, 2.45) is 11.0 Å². The Bertz CT molecular complexity index is 1240. The molecule has 0 radical (unpaired) electrons. The maximum absolute atomic E-state index is 11.1. The Morgan fingerprint density at radius 3 is 2.21 bits per heavy atom. The number of hydrogen-bond donors (Lipinski definition) is 0. The molecular formula is C26H21Cl2N3O2. The lowest BCUT2D eigenvalue weighted by Gasteiger charge is -2.30. The molecule has 2 aliphatic rings. The SMILES string of the molecule is O=[N+]([O-])c1ccc(N2N=C3C(=Cc4ccc(Cl)cc4)CCCC3C2c2ccc(Cl)cc2)cc1. The Hall–Kier alpha value is -3.15. The van der Waals surface area contributed by atoms with Gasteiger partial charge in [0.15, 0.2) is 0 Å². The van der Waals surface area contributed by atoms with Crippen LogP contribution in [0, 0.1) is 16.0 Å². The molecule has 1 aliphatic heterocycles.